The van der Waals surface area contributed by atoms with Gasteiger partial charge in [0.15, 0.2) is 0 Å². The van der Waals surface area contributed by atoms with E-state index in [0.717, 1.165) is 45.9 Å². The standard InChI is InChI=1S/C54H49NO2/c1-52(2,3)43-17-13-20-46-50(43)42-15-8-10-19-45(42)55(46)37-26-22-34(23-27-37)32-53(4,5)36-25-29-40-39-28-24-35(30-48(39)56-49(40)31-36)33-54(6,7)44-18-12-16-41-38-14-9-11-21-47(38)57-51(41)44/h8-31H,32-33H2,1-7H3. The third kappa shape index (κ3) is 5.86. The van der Waals surface area contributed by atoms with Crippen molar-refractivity contribution in [2.24, 2.45) is 0 Å². The fourth-order valence-electron chi connectivity index (χ4n) is 9.54. The van der Waals surface area contributed by atoms with Gasteiger partial charge in [0.2, 0.25) is 0 Å². The minimum absolute atomic E-state index is 0.0445. The Balaban J connectivity index is 0.925. The second-order valence-electron chi connectivity index (χ2n) is 18.5. The quantitative estimate of drug-likeness (QED) is 0.163. The molecule has 0 aliphatic rings. The molecule has 0 amide bonds. The van der Waals surface area contributed by atoms with Gasteiger partial charge in [-0.25, -0.2) is 0 Å². The van der Waals surface area contributed by atoms with Crippen LogP contribution in [0.5, 0.6) is 0 Å². The third-order valence-corrected chi connectivity index (χ3v) is 12.4. The smallest absolute Gasteiger partial charge is 0.139 e. The zero-order valence-corrected chi connectivity index (χ0v) is 34.0. The number of hydrogen-bond acceptors (Lipinski definition) is 2. The van der Waals surface area contributed by atoms with Gasteiger partial charge in [-0.05, 0) is 93.8 Å². The summed E-state index contributed by atoms with van der Waals surface area (Å²) in [7, 11) is 0. The van der Waals surface area contributed by atoms with Gasteiger partial charge in [-0.2, -0.15) is 0 Å². The molecule has 7 aromatic carbocycles. The van der Waals surface area contributed by atoms with Gasteiger partial charge in [0.1, 0.15) is 22.3 Å². The van der Waals surface area contributed by atoms with Gasteiger partial charge < -0.3 is 13.4 Å². The van der Waals surface area contributed by atoms with Crippen LogP contribution in [0.3, 0.4) is 0 Å². The van der Waals surface area contributed by atoms with E-state index in [-0.39, 0.29) is 16.2 Å². The van der Waals surface area contributed by atoms with Gasteiger partial charge >= 0.3 is 0 Å². The van der Waals surface area contributed by atoms with Crippen LogP contribution in [0, 0.1) is 0 Å². The van der Waals surface area contributed by atoms with E-state index < -0.39 is 0 Å². The minimum Gasteiger partial charge on any atom is -0.456 e. The predicted molar refractivity (Wildman–Crippen MR) is 240 cm³/mol. The van der Waals surface area contributed by atoms with E-state index in [1.54, 1.807) is 0 Å². The first-order valence-electron chi connectivity index (χ1n) is 20.3. The van der Waals surface area contributed by atoms with E-state index in [1.807, 2.05) is 6.07 Å². The lowest BCUT2D eigenvalue weighted by Crippen LogP contribution is -2.20. The van der Waals surface area contributed by atoms with Gasteiger partial charge in [-0.3, -0.25) is 0 Å². The number of aromatic nitrogens is 1. The van der Waals surface area contributed by atoms with Crippen molar-refractivity contribution in [3.8, 4) is 5.69 Å². The van der Waals surface area contributed by atoms with Crippen LogP contribution >= 0.6 is 0 Å². The monoisotopic (exact) mass is 743 g/mol. The SMILES string of the molecule is CC(C)(C)c1cccc2c1c1ccccc1n2-c1ccc(CC(C)(C)c2ccc3c(c2)oc2cc(CC(C)(C)c4cccc5c4oc4ccccc45)ccc23)cc1. The molecule has 0 fully saturated rings. The van der Waals surface area contributed by atoms with Crippen molar-refractivity contribution in [3.05, 3.63) is 173 Å². The number of nitrogens with zero attached hydrogens (tertiary/aromatic N) is 1. The van der Waals surface area contributed by atoms with Crippen LogP contribution < -0.4 is 0 Å². The second kappa shape index (κ2) is 12.7. The molecule has 0 bridgehead atoms. The lowest BCUT2D eigenvalue weighted by Gasteiger charge is -2.25. The molecule has 0 atom stereocenters. The summed E-state index contributed by atoms with van der Waals surface area (Å²) in [4.78, 5) is 0. The van der Waals surface area contributed by atoms with Crippen LogP contribution in [0.4, 0.5) is 0 Å². The van der Waals surface area contributed by atoms with E-state index in [2.05, 4.69) is 193 Å². The van der Waals surface area contributed by atoms with Crippen molar-refractivity contribution in [2.75, 3.05) is 0 Å². The largest absolute Gasteiger partial charge is 0.456 e. The van der Waals surface area contributed by atoms with E-state index in [4.69, 9.17) is 8.83 Å². The van der Waals surface area contributed by atoms with Crippen molar-refractivity contribution in [1.29, 1.82) is 0 Å². The van der Waals surface area contributed by atoms with Crippen molar-refractivity contribution < 1.29 is 8.83 Å². The summed E-state index contributed by atoms with van der Waals surface area (Å²) in [5, 5.41) is 7.32. The van der Waals surface area contributed by atoms with Crippen LogP contribution in [0.1, 0.15) is 76.3 Å². The molecule has 57 heavy (non-hydrogen) atoms. The van der Waals surface area contributed by atoms with Gasteiger partial charge in [0, 0.05) is 43.6 Å². The molecule has 3 heteroatoms. The number of fused-ring (bicyclic) bond motifs is 9. The van der Waals surface area contributed by atoms with Crippen LogP contribution in [0.25, 0.3) is 71.4 Å². The maximum Gasteiger partial charge on any atom is 0.139 e. The molecule has 3 heterocycles. The van der Waals surface area contributed by atoms with Gasteiger partial charge in [-0.1, -0.05) is 152 Å². The summed E-state index contributed by atoms with van der Waals surface area (Å²) in [5.41, 5.74) is 13.7. The van der Waals surface area contributed by atoms with E-state index >= 15 is 0 Å². The summed E-state index contributed by atoms with van der Waals surface area (Å²) in [6.07, 6.45) is 1.78. The first kappa shape index (κ1) is 35.4. The Morgan fingerprint density at radius 2 is 1.04 bits per heavy atom. The molecule has 0 aliphatic carbocycles. The van der Waals surface area contributed by atoms with Gasteiger partial charge in [0.05, 0.1) is 11.0 Å². The maximum atomic E-state index is 6.64. The van der Waals surface area contributed by atoms with E-state index in [1.165, 1.54) is 66.1 Å². The average Bonchev–Trinajstić information content (AvgIpc) is 3.86. The van der Waals surface area contributed by atoms with E-state index in [0.29, 0.717) is 0 Å². The summed E-state index contributed by atoms with van der Waals surface area (Å²) in [5.74, 6) is 0. The van der Waals surface area contributed by atoms with Gasteiger partial charge in [0.25, 0.3) is 0 Å². The molecule has 10 aromatic rings. The normalized spacial score (nSPS) is 13.0. The summed E-state index contributed by atoms with van der Waals surface area (Å²) < 4.78 is 15.5. The Labute approximate surface area is 334 Å². The van der Waals surface area contributed by atoms with Crippen molar-refractivity contribution in [2.45, 2.75) is 77.6 Å². The van der Waals surface area contributed by atoms with Crippen molar-refractivity contribution in [3.63, 3.8) is 0 Å². The average molecular weight is 744 g/mol. The molecule has 0 unspecified atom stereocenters. The zero-order valence-electron chi connectivity index (χ0n) is 34.0. The van der Waals surface area contributed by atoms with Crippen LogP contribution in [0.2, 0.25) is 0 Å². The minimum atomic E-state index is -0.151. The molecule has 282 valence electrons. The molecule has 0 N–H and O–H groups in total. The Morgan fingerprint density at radius 3 is 1.82 bits per heavy atom. The number of rotatable bonds is 7. The summed E-state index contributed by atoms with van der Waals surface area (Å²) >= 11 is 0. The number of furan rings is 2. The Bertz CT molecular complexity index is 3160. The fourth-order valence-corrected chi connectivity index (χ4v) is 9.54. The highest BCUT2D eigenvalue weighted by molar-refractivity contribution is 6.11. The first-order valence-corrected chi connectivity index (χ1v) is 20.3. The zero-order chi connectivity index (χ0) is 39.3. The lowest BCUT2D eigenvalue weighted by atomic mass is 9.78. The number of hydrogen-bond donors (Lipinski definition) is 0. The molecule has 0 radical (unpaired) electrons. The topological polar surface area (TPSA) is 31.2 Å². The van der Waals surface area contributed by atoms with Crippen molar-refractivity contribution in [1.82, 2.24) is 4.57 Å². The fraction of sp³-hybridized carbons (Fsp3) is 0.222. The molecule has 3 nitrogen and oxygen atoms in total. The Kier molecular flexibility index (Phi) is 7.90. The lowest BCUT2D eigenvalue weighted by molar-refractivity contribution is 0.515. The third-order valence-electron chi connectivity index (χ3n) is 12.4. The molecule has 0 saturated carbocycles. The molecule has 0 saturated heterocycles. The molecule has 0 aliphatic heterocycles. The maximum absolute atomic E-state index is 6.64. The van der Waals surface area contributed by atoms with Crippen LogP contribution in [-0.4, -0.2) is 4.57 Å². The molecular weight excluding hydrogens is 695 g/mol. The Hall–Kier alpha value is -6.06. The Morgan fingerprint density at radius 1 is 0.439 bits per heavy atom. The highest BCUT2D eigenvalue weighted by Crippen LogP contribution is 2.41. The molecular formula is C54H49NO2. The van der Waals surface area contributed by atoms with Crippen molar-refractivity contribution >= 4 is 65.7 Å². The highest BCUT2D eigenvalue weighted by atomic mass is 16.3. The number of para-hydroxylation sites is 3. The first-order chi connectivity index (χ1) is 27.4. The molecule has 10 rings (SSSR count). The molecule has 0 spiro atoms. The predicted octanol–water partition coefficient (Wildman–Crippen LogP) is 14.9. The van der Waals surface area contributed by atoms with Gasteiger partial charge in [-0.15, -0.1) is 0 Å². The summed E-state index contributed by atoms with van der Waals surface area (Å²) in [6, 6.07) is 53.2. The molecule has 3 aromatic heterocycles. The van der Waals surface area contributed by atoms with E-state index in [9.17, 15) is 0 Å². The van der Waals surface area contributed by atoms with Crippen LogP contribution in [0.15, 0.2) is 154 Å². The second-order valence-corrected chi connectivity index (χ2v) is 18.5. The number of benzene rings is 7. The summed E-state index contributed by atoms with van der Waals surface area (Å²) in [6.45, 7) is 16.2. The highest BCUT2D eigenvalue weighted by Gasteiger charge is 2.28. The van der Waals surface area contributed by atoms with Crippen LogP contribution in [-0.2, 0) is 29.1 Å².